The summed E-state index contributed by atoms with van der Waals surface area (Å²) in [5.74, 6) is 0.549. The van der Waals surface area contributed by atoms with Crippen LogP contribution < -0.4 is 5.73 Å². The van der Waals surface area contributed by atoms with E-state index in [0.29, 0.717) is 18.6 Å². The van der Waals surface area contributed by atoms with E-state index < -0.39 is 0 Å². The lowest BCUT2D eigenvalue weighted by Gasteiger charge is -2.37. The van der Waals surface area contributed by atoms with E-state index in [0.717, 1.165) is 19.4 Å². The minimum absolute atomic E-state index is 0.0353. The second-order valence-electron chi connectivity index (χ2n) is 4.31. The number of rotatable bonds is 3. The molecule has 2 aliphatic rings. The van der Waals surface area contributed by atoms with E-state index in [1.54, 1.807) is 7.11 Å². The number of nitrogens with two attached hydrogens (primary N) is 1. The highest BCUT2D eigenvalue weighted by Gasteiger charge is 2.52. The molecule has 76 valence electrons. The van der Waals surface area contributed by atoms with E-state index in [-0.39, 0.29) is 5.60 Å². The van der Waals surface area contributed by atoms with Gasteiger partial charge in [-0.05, 0) is 25.7 Å². The Bertz CT molecular complexity index is 172. The third-order valence-corrected chi connectivity index (χ3v) is 3.29. The van der Waals surface area contributed by atoms with E-state index in [1.165, 1.54) is 12.8 Å². The van der Waals surface area contributed by atoms with Crippen LogP contribution in [0.5, 0.6) is 0 Å². The Morgan fingerprint density at radius 1 is 1.54 bits per heavy atom. The molecule has 13 heavy (non-hydrogen) atoms. The Balaban J connectivity index is 2.00. The average molecular weight is 185 g/mol. The summed E-state index contributed by atoms with van der Waals surface area (Å²) in [6, 6.07) is 0.355. The molecule has 3 atom stereocenters. The molecule has 0 aromatic heterocycles. The van der Waals surface area contributed by atoms with Crippen molar-refractivity contribution in [1.29, 1.82) is 0 Å². The minimum Gasteiger partial charge on any atom is -0.382 e. The third-order valence-electron chi connectivity index (χ3n) is 3.29. The molecule has 2 N–H and O–H groups in total. The lowest BCUT2D eigenvalue weighted by atomic mass is 9.89. The fourth-order valence-electron chi connectivity index (χ4n) is 2.45. The van der Waals surface area contributed by atoms with Gasteiger partial charge in [0.25, 0.3) is 0 Å². The molecule has 1 heterocycles. The van der Waals surface area contributed by atoms with Crippen LogP contribution in [0.3, 0.4) is 0 Å². The van der Waals surface area contributed by atoms with Gasteiger partial charge in [0.15, 0.2) is 0 Å². The molecule has 0 spiro atoms. The summed E-state index contributed by atoms with van der Waals surface area (Å²) in [5.41, 5.74) is 5.84. The monoisotopic (exact) mass is 185 g/mol. The van der Waals surface area contributed by atoms with Gasteiger partial charge >= 0.3 is 0 Å². The predicted molar refractivity (Wildman–Crippen MR) is 50.5 cm³/mol. The Kier molecular flexibility index (Phi) is 2.58. The van der Waals surface area contributed by atoms with Crippen molar-refractivity contribution in [2.45, 2.75) is 37.3 Å². The second kappa shape index (κ2) is 3.56. The molecule has 2 fully saturated rings. The van der Waals surface area contributed by atoms with Crippen LogP contribution >= 0.6 is 0 Å². The van der Waals surface area contributed by atoms with Crippen molar-refractivity contribution in [2.75, 3.05) is 20.3 Å². The summed E-state index contributed by atoms with van der Waals surface area (Å²) in [4.78, 5) is 0. The van der Waals surface area contributed by atoms with Gasteiger partial charge < -0.3 is 15.2 Å². The van der Waals surface area contributed by atoms with Crippen LogP contribution in [0.4, 0.5) is 0 Å². The van der Waals surface area contributed by atoms with Crippen molar-refractivity contribution in [3.05, 3.63) is 0 Å². The zero-order chi connectivity index (χ0) is 9.31. The molecular formula is C10H19NO2. The van der Waals surface area contributed by atoms with Crippen molar-refractivity contribution in [3.8, 4) is 0 Å². The van der Waals surface area contributed by atoms with Gasteiger partial charge in [-0.2, -0.15) is 0 Å². The first-order valence-electron chi connectivity index (χ1n) is 5.17. The summed E-state index contributed by atoms with van der Waals surface area (Å²) in [5, 5.41) is 0. The average Bonchev–Trinajstić information content (AvgIpc) is 2.85. The van der Waals surface area contributed by atoms with Crippen LogP contribution in [0.25, 0.3) is 0 Å². The smallest absolute Gasteiger partial charge is 0.0957 e. The van der Waals surface area contributed by atoms with Gasteiger partial charge in [0.1, 0.15) is 0 Å². The first-order chi connectivity index (χ1) is 6.28. The normalized spacial score (nSPS) is 44.8. The topological polar surface area (TPSA) is 44.5 Å². The van der Waals surface area contributed by atoms with Crippen molar-refractivity contribution >= 4 is 0 Å². The lowest BCUT2D eigenvalue weighted by molar-refractivity contribution is -0.129. The predicted octanol–water partition coefficient (Wildman–Crippen LogP) is 0.919. The third kappa shape index (κ3) is 1.73. The maximum absolute atomic E-state index is 5.90. The first kappa shape index (κ1) is 9.44. The maximum atomic E-state index is 5.90. The summed E-state index contributed by atoms with van der Waals surface area (Å²) in [7, 11) is 1.74. The maximum Gasteiger partial charge on any atom is 0.0957 e. The lowest BCUT2D eigenvalue weighted by Crippen LogP contribution is -2.44. The number of ether oxygens (including phenoxy) is 2. The molecule has 1 aliphatic carbocycles. The second-order valence-corrected chi connectivity index (χ2v) is 4.31. The van der Waals surface area contributed by atoms with Crippen LogP contribution in [0.2, 0.25) is 0 Å². The molecule has 0 bridgehead atoms. The van der Waals surface area contributed by atoms with Crippen molar-refractivity contribution in [1.82, 2.24) is 0 Å². The molecule has 1 saturated heterocycles. The molecule has 3 nitrogen and oxygen atoms in total. The Morgan fingerprint density at radius 2 is 2.31 bits per heavy atom. The first-order valence-corrected chi connectivity index (χ1v) is 5.17. The molecule has 3 unspecified atom stereocenters. The van der Waals surface area contributed by atoms with Gasteiger partial charge in [0.05, 0.1) is 12.2 Å². The summed E-state index contributed by atoms with van der Waals surface area (Å²) in [6.07, 6.45) is 4.68. The van der Waals surface area contributed by atoms with Crippen molar-refractivity contribution in [2.24, 2.45) is 11.7 Å². The Morgan fingerprint density at radius 3 is 2.77 bits per heavy atom. The highest BCUT2D eigenvalue weighted by atomic mass is 16.5. The van der Waals surface area contributed by atoms with E-state index in [1.807, 2.05) is 0 Å². The van der Waals surface area contributed by atoms with Crippen LogP contribution in [-0.4, -0.2) is 32.0 Å². The fourth-order valence-corrected chi connectivity index (χ4v) is 2.45. The number of hydrogen-bond donors (Lipinski definition) is 1. The van der Waals surface area contributed by atoms with Gasteiger partial charge in [-0.25, -0.2) is 0 Å². The summed E-state index contributed by atoms with van der Waals surface area (Å²) in [6.45, 7) is 1.60. The summed E-state index contributed by atoms with van der Waals surface area (Å²) >= 11 is 0. The minimum atomic E-state index is -0.0353. The van der Waals surface area contributed by atoms with Crippen molar-refractivity contribution in [3.63, 3.8) is 0 Å². The molecular weight excluding hydrogens is 166 g/mol. The largest absolute Gasteiger partial charge is 0.382 e. The molecule has 0 amide bonds. The SMILES string of the molecule is COCC1(C2CC2N)CCCCO1. The molecule has 1 saturated carbocycles. The van der Waals surface area contributed by atoms with Gasteiger partial charge in [-0.15, -0.1) is 0 Å². The molecule has 1 aliphatic heterocycles. The van der Waals surface area contributed by atoms with Crippen LogP contribution in [-0.2, 0) is 9.47 Å². The van der Waals surface area contributed by atoms with Gasteiger partial charge in [-0.1, -0.05) is 0 Å². The quantitative estimate of drug-likeness (QED) is 0.711. The van der Waals surface area contributed by atoms with E-state index in [4.69, 9.17) is 15.2 Å². The fraction of sp³-hybridized carbons (Fsp3) is 1.00. The number of methoxy groups -OCH3 is 1. The molecule has 0 radical (unpaired) electrons. The molecule has 0 aromatic carbocycles. The standard InChI is InChI=1S/C10H19NO2/c1-12-7-10(8-6-9(8)11)4-2-3-5-13-10/h8-9H,2-7,11H2,1H3. The van der Waals surface area contributed by atoms with Crippen LogP contribution in [0, 0.1) is 5.92 Å². The van der Waals surface area contributed by atoms with Gasteiger partial charge in [0, 0.05) is 25.7 Å². The highest BCUT2D eigenvalue weighted by molar-refractivity contribution is 5.05. The number of hydrogen-bond acceptors (Lipinski definition) is 3. The zero-order valence-electron chi connectivity index (χ0n) is 8.29. The van der Waals surface area contributed by atoms with E-state index in [2.05, 4.69) is 0 Å². The summed E-state index contributed by atoms with van der Waals surface area (Å²) < 4.78 is 11.1. The Labute approximate surface area is 79.6 Å². The molecule has 2 rings (SSSR count). The van der Waals surface area contributed by atoms with Crippen molar-refractivity contribution < 1.29 is 9.47 Å². The highest BCUT2D eigenvalue weighted by Crippen LogP contribution is 2.45. The zero-order valence-corrected chi connectivity index (χ0v) is 8.29. The van der Waals surface area contributed by atoms with Gasteiger partial charge in [0.2, 0.25) is 0 Å². The van der Waals surface area contributed by atoms with Crippen LogP contribution in [0.15, 0.2) is 0 Å². The molecule has 0 aromatic rings. The Hall–Kier alpha value is -0.120. The van der Waals surface area contributed by atoms with Crippen LogP contribution in [0.1, 0.15) is 25.7 Å². The van der Waals surface area contributed by atoms with E-state index >= 15 is 0 Å². The molecule has 3 heteroatoms. The van der Waals surface area contributed by atoms with E-state index in [9.17, 15) is 0 Å². The van der Waals surface area contributed by atoms with Gasteiger partial charge in [-0.3, -0.25) is 0 Å².